The number of nitriles is 1. The summed E-state index contributed by atoms with van der Waals surface area (Å²) in [5.41, 5.74) is 1.52. The quantitative estimate of drug-likeness (QED) is 0.539. The summed E-state index contributed by atoms with van der Waals surface area (Å²) in [6, 6.07) is 11.6. The summed E-state index contributed by atoms with van der Waals surface area (Å²) >= 11 is 1.20. The minimum Gasteiger partial charge on any atom is -0.490 e. The summed E-state index contributed by atoms with van der Waals surface area (Å²) in [6.45, 7) is 2.48. The number of fused-ring (bicyclic) bond motifs is 3. The summed E-state index contributed by atoms with van der Waals surface area (Å²) in [5, 5.41) is 9.42. The lowest BCUT2D eigenvalue weighted by Crippen LogP contribution is -2.35. The number of hydrogen-bond donors (Lipinski definition) is 0. The van der Waals surface area contributed by atoms with Gasteiger partial charge in [0.25, 0.3) is 10.0 Å². The number of anilines is 1. The molecule has 0 amide bonds. The Morgan fingerprint density at radius 1 is 1.28 bits per heavy atom. The van der Waals surface area contributed by atoms with Crippen LogP contribution in [0.3, 0.4) is 0 Å². The van der Waals surface area contributed by atoms with Gasteiger partial charge >= 0.3 is 5.97 Å². The Morgan fingerprint density at radius 3 is 2.86 bits per heavy atom. The molecule has 0 bridgehead atoms. The fourth-order valence-corrected chi connectivity index (χ4v) is 5.24. The van der Waals surface area contributed by atoms with E-state index >= 15 is 0 Å². The van der Waals surface area contributed by atoms with Crippen LogP contribution in [-0.4, -0.2) is 38.5 Å². The zero-order valence-electron chi connectivity index (χ0n) is 15.3. The van der Waals surface area contributed by atoms with Gasteiger partial charge < -0.3 is 14.4 Å². The molecule has 0 fully saturated rings. The van der Waals surface area contributed by atoms with Gasteiger partial charge in [0.1, 0.15) is 0 Å². The highest BCUT2D eigenvalue weighted by Gasteiger charge is 2.33. The predicted octanol–water partition coefficient (Wildman–Crippen LogP) is 2.79. The van der Waals surface area contributed by atoms with Gasteiger partial charge in [-0.25, -0.2) is 13.2 Å². The van der Waals surface area contributed by atoms with Crippen LogP contribution in [0.5, 0.6) is 11.5 Å². The van der Waals surface area contributed by atoms with E-state index in [0.717, 1.165) is 10.6 Å². The predicted molar refractivity (Wildman–Crippen MR) is 108 cm³/mol. The van der Waals surface area contributed by atoms with E-state index in [1.165, 1.54) is 23.9 Å². The SMILES string of the molecule is CCOc1cc(C#N)ccc1OC(=O)c1ccc2c(c1)SC1=NS(=O)(=O)CCN12. The van der Waals surface area contributed by atoms with Gasteiger partial charge in [-0.05, 0) is 49.0 Å². The molecule has 148 valence electrons. The van der Waals surface area contributed by atoms with E-state index < -0.39 is 16.0 Å². The van der Waals surface area contributed by atoms with Crippen molar-refractivity contribution in [2.75, 3.05) is 23.8 Å². The van der Waals surface area contributed by atoms with Crippen LogP contribution in [0.15, 0.2) is 45.7 Å². The summed E-state index contributed by atoms with van der Waals surface area (Å²) in [4.78, 5) is 15.2. The first-order valence-corrected chi connectivity index (χ1v) is 11.1. The van der Waals surface area contributed by atoms with Crippen molar-refractivity contribution >= 4 is 38.6 Å². The van der Waals surface area contributed by atoms with E-state index in [4.69, 9.17) is 14.7 Å². The molecule has 0 saturated carbocycles. The molecule has 0 aliphatic carbocycles. The number of nitrogens with zero attached hydrogens (tertiary/aromatic N) is 3. The summed E-state index contributed by atoms with van der Waals surface area (Å²) in [7, 11) is -3.44. The van der Waals surface area contributed by atoms with Crippen LogP contribution < -0.4 is 14.4 Å². The molecular weight excluding hydrogens is 414 g/mol. The Hall–Kier alpha value is -3.03. The lowest BCUT2D eigenvalue weighted by Gasteiger charge is -2.22. The summed E-state index contributed by atoms with van der Waals surface area (Å²) in [5.74, 6) is -0.0957. The molecule has 2 aliphatic rings. The fraction of sp³-hybridized carbons (Fsp3) is 0.211. The molecule has 2 aromatic rings. The molecule has 0 unspecified atom stereocenters. The number of hydrogen-bond acceptors (Lipinski definition) is 8. The lowest BCUT2D eigenvalue weighted by atomic mass is 10.2. The molecule has 4 rings (SSSR count). The van der Waals surface area contributed by atoms with Crippen LogP contribution >= 0.6 is 11.8 Å². The van der Waals surface area contributed by atoms with E-state index in [1.54, 1.807) is 31.2 Å². The number of esters is 1. The van der Waals surface area contributed by atoms with Gasteiger partial charge in [0.05, 0.1) is 35.2 Å². The molecule has 2 aliphatic heterocycles. The molecule has 2 aromatic carbocycles. The van der Waals surface area contributed by atoms with Gasteiger partial charge in [-0.2, -0.15) is 5.26 Å². The zero-order chi connectivity index (χ0) is 20.6. The van der Waals surface area contributed by atoms with E-state index in [9.17, 15) is 13.2 Å². The number of amidine groups is 1. The van der Waals surface area contributed by atoms with Crippen molar-refractivity contribution in [2.45, 2.75) is 11.8 Å². The number of rotatable bonds is 4. The minimum absolute atomic E-state index is 0.0425. The topological polar surface area (TPSA) is 109 Å². The number of sulfonamides is 1. The standard InChI is InChI=1S/C19H15N3O5S2/c1-2-26-16-9-12(11-20)3-6-15(16)27-18(23)13-4-5-14-17(10-13)28-19-21-29(24,25)8-7-22(14)19/h3-6,9-10H,2,7-8H2,1H3. The third-order valence-corrected chi connectivity index (χ3v) is 6.59. The number of ether oxygens (including phenoxy) is 2. The third kappa shape index (κ3) is 3.79. The van der Waals surface area contributed by atoms with Gasteiger partial charge in [0.2, 0.25) is 0 Å². The van der Waals surface area contributed by atoms with Crippen LogP contribution in [-0.2, 0) is 10.0 Å². The molecule has 0 N–H and O–H groups in total. The highest BCUT2D eigenvalue weighted by atomic mass is 32.2. The molecule has 10 heteroatoms. The van der Waals surface area contributed by atoms with E-state index in [0.29, 0.717) is 35.2 Å². The van der Waals surface area contributed by atoms with Gasteiger partial charge in [0, 0.05) is 17.5 Å². The van der Waals surface area contributed by atoms with E-state index in [-0.39, 0.29) is 11.5 Å². The van der Waals surface area contributed by atoms with Crippen molar-refractivity contribution in [3.63, 3.8) is 0 Å². The molecule has 0 atom stereocenters. The average Bonchev–Trinajstić information content (AvgIpc) is 3.04. The lowest BCUT2D eigenvalue weighted by molar-refractivity contribution is 0.0728. The van der Waals surface area contributed by atoms with Gasteiger partial charge in [-0.1, -0.05) is 0 Å². The van der Waals surface area contributed by atoms with Crippen molar-refractivity contribution in [2.24, 2.45) is 4.40 Å². The minimum atomic E-state index is -3.44. The zero-order valence-corrected chi connectivity index (χ0v) is 16.9. The molecule has 8 nitrogen and oxygen atoms in total. The van der Waals surface area contributed by atoms with Crippen molar-refractivity contribution in [1.82, 2.24) is 0 Å². The Labute approximate surface area is 171 Å². The third-order valence-electron chi connectivity index (χ3n) is 4.28. The molecule has 0 aromatic heterocycles. The maximum absolute atomic E-state index is 12.7. The number of thioether (sulfide) groups is 1. The molecule has 0 radical (unpaired) electrons. The second-order valence-corrected chi connectivity index (χ2v) is 8.96. The van der Waals surface area contributed by atoms with E-state index in [2.05, 4.69) is 4.40 Å². The van der Waals surface area contributed by atoms with Crippen LogP contribution in [0, 0.1) is 11.3 Å². The Morgan fingerprint density at radius 2 is 2.10 bits per heavy atom. The molecule has 0 saturated heterocycles. The Balaban J connectivity index is 1.59. The Kier molecular flexibility index (Phi) is 4.94. The molecular formula is C19H15N3O5S2. The molecule has 0 spiro atoms. The van der Waals surface area contributed by atoms with Gasteiger partial charge in [0.15, 0.2) is 16.7 Å². The van der Waals surface area contributed by atoms with Crippen LogP contribution in [0.25, 0.3) is 0 Å². The smallest absolute Gasteiger partial charge is 0.343 e. The van der Waals surface area contributed by atoms with Crippen LogP contribution in [0.1, 0.15) is 22.8 Å². The van der Waals surface area contributed by atoms with Gasteiger partial charge in [-0.15, -0.1) is 4.40 Å². The first kappa shape index (κ1) is 19.3. The second-order valence-electron chi connectivity index (χ2n) is 6.19. The average molecular weight is 429 g/mol. The first-order chi connectivity index (χ1) is 13.9. The van der Waals surface area contributed by atoms with Crippen molar-refractivity contribution in [3.05, 3.63) is 47.5 Å². The molecule has 29 heavy (non-hydrogen) atoms. The summed E-state index contributed by atoms with van der Waals surface area (Å²) in [6.07, 6.45) is 0. The van der Waals surface area contributed by atoms with Crippen molar-refractivity contribution in [3.8, 4) is 17.6 Å². The highest BCUT2D eigenvalue weighted by Crippen LogP contribution is 2.42. The number of benzene rings is 2. The maximum Gasteiger partial charge on any atom is 0.343 e. The second kappa shape index (κ2) is 7.42. The monoisotopic (exact) mass is 429 g/mol. The number of carbonyl (C=O) groups excluding carboxylic acids is 1. The fourth-order valence-electron chi connectivity index (χ4n) is 2.95. The van der Waals surface area contributed by atoms with Crippen molar-refractivity contribution < 1.29 is 22.7 Å². The van der Waals surface area contributed by atoms with Gasteiger partial charge in [-0.3, -0.25) is 0 Å². The maximum atomic E-state index is 12.7. The van der Waals surface area contributed by atoms with Crippen molar-refractivity contribution in [1.29, 1.82) is 5.26 Å². The molecule has 2 heterocycles. The number of carbonyl (C=O) groups is 1. The normalized spacial score (nSPS) is 16.3. The van der Waals surface area contributed by atoms with Crippen LogP contribution in [0.4, 0.5) is 5.69 Å². The Bertz CT molecular complexity index is 1180. The van der Waals surface area contributed by atoms with Crippen LogP contribution in [0.2, 0.25) is 0 Å². The largest absolute Gasteiger partial charge is 0.490 e. The highest BCUT2D eigenvalue weighted by molar-refractivity contribution is 8.15. The first-order valence-electron chi connectivity index (χ1n) is 8.71. The summed E-state index contributed by atoms with van der Waals surface area (Å²) < 4.78 is 38.2. The van der Waals surface area contributed by atoms with E-state index in [1.807, 2.05) is 11.0 Å².